The van der Waals surface area contributed by atoms with E-state index in [-0.39, 0.29) is 17.9 Å². The van der Waals surface area contributed by atoms with Gasteiger partial charge in [-0.2, -0.15) is 0 Å². The first-order valence-electron chi connectivity index (χ1n) is 7.48. The summed E-state index contributed by atoms with van der Waals surface area (Å²) >= 11 is 0. The van der Waals surface area contributed by atoms with Crippen molar-refractivity contribution < 1.29 is 14.7 Å². The molecule has 1 saturated heterocycles. The van der Waals surface area contributed by atoms with E-state index in [1.54, 1.807) is 0 Å². The van der Waals surface area contributed by atoms with Crippen molar-refractivity contribution in [1.82, 2.24) is 20.9 Å². The van der Waals surface area contributed by atoms with Crippen LogP contribution < -0.4 is 16.0 Å². The van der Waals surface area contributed by atoms with E-state index in [0.29, 0.717) is 6.54 Å². The first-order chi connectivity index (χ1) is 9.79. The van der Waals surface area contributed by atoms with E-state index in [1.165, 1.54) is 0 Å². The Bertz CT molecular complexity index is 349. The lowest BCUT2D eigenvalue weighted by Crippen LogP contribution is -2.51. The first kappa shape index (κ1) is 17.7. The molecule has 0 aromatic carbocycles. The zero-order chi connectivity index (χ0) is 15.9. The quantitative estimate of drug-likeness (QED) is 0.557. The molecule has 1 atom stereocenters. The lowest BCUT2D eigenvalue weighted by Gasteiger charge is -2.31. The van der Waals surface area contributed by atoms with Gasteiger partial charge >= 0.3 is 12.0 Å². The minimum absolute atomic E-state index is 0.0747. The SMILES string of the molecule is CC(C)(C)C(CC(=O)O)NC(=O)NCCN1CCNCC1. The largest absolute Gasteiger partial charge is 0.481 e. The third-order valence-electron chi connectivity index (χ3n) is 3.65. The molecule has 1 fully saturated rings. The van der Waals surface area contributed by atoms with E-state index >= 15 is 0 Å². The van der Waals surface area contributed by atoms with Crippen LogP contribution in [0.2, 0.25) is 0 Å². The van der Waals surface area contributed by atoms with Gasteiger partial charge in [-0.3, -0.25) is 9.69 Å². The van der Waals surface area contributed by atoms with Crippen LogP contribution in [0, 0.1) is 5.41 Å². The third kappa shape index (κ3) is 7.29. The number of urea groups is 1. The van der Waals surface area contributed by atoms with Crippen molar-refractivity contribution in [3.63, 3.8) is 0 Å². The second kappa shape index (κ2) is 8.19. The van der Waals surface area contributed by atoms with Crippen LogP contribution in [0.25, 0.3) is 0 Å². The molecule has 0 saturated carbocycles. The zero-order valence-electron chi connectivity index (χ0n) is 13.2. The second-order valence-electron chi connectivity index (χ2n) is 6.51. The number of piperazine rings is 1. The van der Waals surface area contributed by atoms with E-state index in [9.17, 15) is 9.59 Å². The van der Waals surface area contributed by atoms with Crippen LogP contribution >= 0.6 is 0 Å². The van der Waals surface area contributed by atoms with Gasteiger partial charge in [-0.1, -0.05) is 20.8 Å². The smallest absolute Gasteiger partial charge is 0.315 e. The molecule has 2 amide bonds. The molecule has 0 bridgehead atoms. The number of hydrogen-bond donors (Lipinski definition) is 4. The number of carbonyl (C=O) groups excluding carboxylic acids is 1. The van der Waals surface area contributed by atoms with Crippen molar-refractivity contribution >= 4 is 12.0 Å². The first-order valence-corrected chi connectivity index (χ1v) is 7.48. The standard InChI is InChI=1S/C14H28N4O3/c1-14(2,3)11(10-12(19)20)17-13(21)16-6-9-18-7-4-15-5-8-18/h11,15H,4-10H2,1-3H3,(H,19,20)(H2,16,17,21). The Morgan fingerprint density at radius 1 is 1.29 bits per heavy atom. The van der Waals surface area contributed by atoms with Crippen molar-refractivity contribution in [1.29, 1.82) is 0 Å². The van der Waals surface area contributed by atoms with E-state index in [0.717, 1.165) is 32.7 Å². The number of amides is 2. The Morgan fingerprint density at radius 3 is 2.43 bits per heavy atom. The summed E-state index contributed by atoms with van der Waals surface area (Å²) in [5, 5.41) is 17.8. The Kier molecular flexibility index (Phi) is 6.91. The minimum atomic E-state index is -0.906. The lowest BCUT2D eigenvalue weighted by molar-refractivity contribution is -0.138. The summed E-state index contributed by atoms with van der Waals surface area (Å²) in [6.45, 7) is 11.1. The van der Waals surface area contributed by atoms with E-state index in [2.05, 4.69) is 20.9 Å². The van der Waals surface area contributed by atoms with Crippen molar-refractivity contribution in [3.05, 3.63) is 0 Å². The molecular weight excluding hydrogens is 272 g/mol. The van der Waals surface area contributed by atoms with Gasteiger partial charge in [0.2, 0.25) is 0 Å². The molecule has 0 spiro atoms. The summed E-state index contributed by atoms with van der Waals surface area (Å²) in [7, 11) is 0. The third-order valence-corrected chi connectivity index (χ3v) is 3.65. The number of aliphatic carboxylic acids is 1. The van der Waals surface area contributed by atoms with Crippen LogP contribution in [0.3, 0.4) is 0 Å². The molecule has 1 aliphatic rings. The Labute approximate surface area is 126 Å². The molecule has 0 aromatic heterocycles. The van der Waals surface area contributed by atoms with Crippen LogP contribution in [-0.4, -0.2) is 67.3 Å². The summed E-state index contributed by atoms with van der Waals surface area (Å²) in [6, 6.07) is -0.694. The van der Waals surface area contributed by atoms with Crippen LogP contribution in [-0.2, 0) is 4.79 Å². The van der Waals surface area contributed by atoms with E-state index in [4.69, 9.17) is 5.11 Å². The highest BCUT2D eigenvalue weighted by Crippen LogP contribution is 2.21. The van der Waals surface area contributed by atoms with Gasteiger partial charge in [0, 0.05) is 45.3 Å². The molecule has 4 N–H and O–H groups in total. The number of carbonyl (C=O) groups is 2. The average molecular weight is 300 g/mol. The highest BCUT2D eigenvalue weighted by atomic mass is 16.4. The van der Waals surface area contributed by atoms with Crippen molar-refractivity contribution in [2.24, 2.45) is 5.41 Å². The predicted molar refractivity (Wildman–Crippen MR) is 81.3 cm³/mol. The fraction of sp³-hybridized carbons (Fsp3) is 0.857. The fourth-order valence-corrected chi connectivity index (χ4v) is 2.22. The number of hydrogen-bond acceptors (Lipinski definition) is 4. The van der Waals surface area contributed by atoms with Crippen molar-refractivity contribution in [2.75, 3.05) is 39.3 Å². The molecule has 0 aromatic rings. The molecular formula is C14H28N4O3. The van der Waals surface area contributed by atoms with Crippen LogP contribution in [0.5, 0.6) is 0 Å². The predicted octanol–water partition coefficient (Wildman–Crippen LogP) is 0.0802. The number of rotatable bonds is 6. The highest BCUT2D eigenvalue weighted by Gasteiger charge is 2.28. The van der Waals surface area contributed by atoms with Gasteiger partial charge in [0.1, 0.15) is 0 Å². The lowest BCUT2D eigenvalue weighted by atomic mass is 9.85. The highest BCUT2D eigenvalue weighted by molar-refractivity contribution is 5.75. The number of carboxylic acid groups (broad SMARTS) is 1. The zero-order valence-corrected chi connectivity index (χ0v) is 13.2. The number of carboxylic acids is 1. The molecule has 1 unspecified atom stereocenters. The van der Waals surface area contributed by atoms with Gasteiger partial charge < -0.3 is 21.1 Å². The van der Waals surface area contributed by atoms with Gasteiger partial charge in [0.05, 0.1) is 6.42 Å². The van der Waals surface area contributed by atoms with E-state index in [1.807, 2.05) is 20.8 Å². The van der Waals surface area contributed by atoms with Crippen LogP contribution in [0.4, 0.5) is 4.79 Å². The van der Waals surface area contributed by atoms with Gasteiger partial charge in [-0.25, -0.2) is 4.79 Å². The molecule has 0 aliphatic carbocycles. The van der Waals surface area contributed by atoms with Gasteiger partial charge in [0.25, 0.3) is 0 Å². The summed E-state index contributed by atoms with van der Waals surface area (Å²) in [5.41, 5.74) is -0.297. The molecule has 21 heavy (non-hydrogen) atoms. The monoisotopic (exact) mass is 300 g/mol. The summed E-state index contributed by atoms with van der Waals surface area (Å²) < 4.78 is 0. The summed E-state index contributed by atoms with van der Waals surface area (Å²) in [5.74, 6) is -0.906. The maximum Gasteiger partial charge on any atom is 0.315 e. The fourth-order valence-electron chi connectivity index (χ4n) is 2.22. The Balaban J connectivity index is 2.30. The van der Waals surface area contributed by atoms with Crippen LogP contribution in [0.15, 0.2) is 0 Å². The number of nitrogens with one attached hydrogen (secondary N) is 3. The second-order valence-corrected chi connectivity index (χ2v) is 6.51. The van der Waals surface area contributed by atoms with Crippen LogP contribution in [0.1, 0.15) is 27.2 Å². The maximum absolute atomic E-state index is 11.9. The molecule has 122 valence electrons. The Hall–Kier alpha value is -1.34. The maximum atomic E-state index is 11.9. The van der Waals surface area contributed by atoms with Gasteiger partial charge in [-0.05, 0) is 5.41 Å². The minimum Gasteiger partial charge on any atom is -0.481 e. The van der Waals surface area contributed by atoms with Gasteiger partial charge in [0.15, 0.2) is 0 Å². The average Bonchev–Trinajstić information content (AvgIpc) is 2.37. The summed E-state index contributed by atoms with van der Waals surface area (Å²) in [4.78, 5) is 25.0. The Morgan fingerprint density at radius 2 is 1.90 bits per heavy atom. The van der Waals surface area contributed by atoms with Crippen molar-refractivity contribution in [2.45, 2.75) is 33.2 Å². The van der Waals surface area contributed by atoms with Crippen molar-refractivity contribution in [3.8, 4) is 0 Å². The molecule has 0 radical (unpaired) electrons. The topological polar surface area (TPSA) is 93.7 Å². The molecule has 7 nitrogen and oxygen atoms in total. The van der Waals surface area contributed by atoms with E-state index < -0.39 is 12.0 Å². The summed E-state index contributed by atoms with van der Waals surface area (Å²) in [6.07, 6.45) is -0.0747. The number of nitrogens with zero attached hydrogens (tertiary/aromatic N) is 1. The molecule has 1 heterocycles. The normalized spacial score (nSPS) is 18.0. The van der Waals surface area contributed by atoms with Gasteiger partial charge in [-0.15, -0.1) is 0 Å². The molecule has 1 aliphatic heterocycles. The molecule has 1 rings (SSSR count). The molecule has 7 heteroatoms.